The van der Waals surface area contributed by atoms with Gasteiger partial charge in [0.25, 0.3) is 0 Å². The fourth-order valence-electron chi connectivity index (χ4n) is 4.14. The Morgan fingerprint density at radius 1 is 1.17 bits per heavy atom. The summed E-state index contributed by atoms with van der Waals surface area (Å²) in [4.78, 5) is 14.2. The standard InChI is InChI=1S/C22H22FN3O3/c1-14-17-4-2-3-5-18(17)20(25-24-14)26-11-10-19(27)22(13-26,21(28)29)12-15-6-8-16(23)9-7-15/h2-9,19,27H,10-13H2,1H3,(H,28,29)/t19-,22+/m0/s1. The van der Waals surface area contributed by atoms with E-state index in [2.05, 4.69) is 10.2 Å². The molecule has 1 aliphatic rings. The van der Waals surface area contributed by atoms with Gasteiger partial charge >= 0.3 is 5.97 Å². The van der Waals surface area contributed by atoms with E-state index < -0.39 is 17.5 Å². The Morgan fingerprint density at radius 3 is 2.55 bits per heavy atom. The van der Waals surface area contributed by atoms with Gasteiger partial charge in [0.05, 0.1) is 11.8 Å². The normalized spacial score (nSPS) is 22.0. The van der Waals surface area contributed by atoms with E-state index in [1.807, 2.05) is 36.1 Å². The molecule has 4 rings (SSSR count). The molecule has 0 unspecified atom stereocenters. The molecule has 2 N–H and O–H groups in total. The van der Waals surface area contributed by atoms with E-state index in [1.54, 1.807) is 12.1 Å². The Kier molecular flexibility index (Phi) is 4.92. The van der Waals surface area contributed by atoms with Gasteiger partial charge in [-0.25, -0.2) is 4.39 Å². The second-order valence-corrected chi connectivity index (χ2v) is 7.65. The highest BCUT2D eigenvalue weighted by Crippen LogP contribution is 2.38. The number of aryl methyl sites for hydroxylation is 1. The van der Waals surface area contributed by atoms with E-state index in [9.17, 15) is 19.4 Å². The number of rotatable bonds is 4. The summed E-state index contributed by atoms with van der Waals surface area (Å²) in [6.45, 7) is 2.44. The summed E-state index contributed by atoms with van der Waals surface area (Å²) < 4.78 is 13.3. The van der Waals surface area contributed by atoms with Crippen molar-refractivity contribution in [3.63, 3.8) is 0 Å². The molecule has 6 nitrogen and oxygen atoms in total. The average Bonchev–Trinajstić information content (AvgIpc) is 2.72. The number of aliphatic hydroxyl groups is 1. The summed E-state index contributed by atoms with van der Waals surface area (Å²) in [5.41, 5.74) is 0.0377. The molecule has 1 fully saturated rings. The van der Waals surface area contributed by atoms with Gasteiger partial charge in [0.2, 0.25) is 0 Å². The molecular formula is C22H22FN3O3. The van der Waals surface area contributed by atoms with Crippen molar-refractivity contribution in [2.75, 3.05) is 18.0 Å². The molecule has 1 saturated heterocycles. The molecule has 3 aromatic rings. The van der Waals surface area contributed by atoms with Crippen LogP contribution >= 0.6 is 0 Å². The molecule has 0 spiro atoms. The predicted molar refractivity (Wildman–Crippen MR) is 107 cm³/mol. The van der Waals surface area contributed by atoms with Crippen LogP contribution in [-0.2, 0) is 11.2 Å². The first-order valence-electron chi connectivity index (χ1n) is 9.53. The lowest BCUT2D eigenvalue weighted by atomic mass is 9.72. The molecule has 2 aromatic carbocycles. The molecule has 0 saturated carbocycles. The smallest absolute Gasteiger partial charge is 0.314 e. The van der Waals surface area contributed by atoms with E-state index in [0.717, 1.165) is 16.5 Å². The molecule has 0 bridgehead atoms. The lowest BCUT2D eigenvalue weighted by Crippen LogP contribution is -2.57. The van der Waals surface area contributed by atoms with Gasteiger partial charge in [-0.15, -0.1) is 5.10 Å². The average molecular weight is 395 g/mol. The molecule has 1 aliphatic heterocycles. The number of nitrogens with zero attached hydrogens (tertiary/aromatic N) is 3. The van der Waals surface area contributed by atoms with Crippen LogP contribution in [0.15, 0.2) is 48.5 Å². The number of hydrogen-bond donors (Lipinski definition) is 2. The van der Waals surface area contributed by atoms with E-state index in [-0.39, 0.29) is 25.2 Å². The molecule has 0 radical (unpaired) electrons. The van der Waals surface area contributed by atoms with Crippen LogP contribution in [0, 0.1) is 18.2 Å². The Morgan fingerprint density at radius 2 is 1.86 bits per heavy atom. The predicted octanol–water partition coefficient (Wildman–Crippen LogP) is 2.96. The van der Waals surface area contributed by atoms with Gasteiger partial charge in [-0.1, -0.05) is 36.4 Å². The molecule has 150 valence electrons. The lowest BCUT2D eigenvalue weighted by Gasteiger charge is -2.44. The lowest BCUT2D eigenvalue weighted by molar-refractivity contribution is -0.157. The van der Waals surface area contributed by atoms with Crippen LogP contribution in [0.1, 0.15) is 17.7 Å². The van der Waals surface area contributed by atoms with Crippen molar-refractivity contribution in [3.05, 3.63) is 65.6 Å². The number of carboxylic acids is 1. The number of hydrogen-bond acceptors (Lipinski definition) is 5. The van der Waals surface area contributed by atoms with E-state index >= 15 is 0 Å². The van der Waals surface area contributed by atoms with Crippen molar-refractivity contribution in [3.8, 4) is 0 Å². The van der Waals surface area contributed by atoms with Crippen molar-refractivity contribution in [2.45, 2.75) is 25.9 Å². The molecule has 0 aliphatic carbocycles. The van der Waals surface area contributed by atoms with Crippen LogP contribution in [0.5, 0.6) is 0 Å². The Labute approximate surface area is 167 Å². The highest BCUT2D eigenvalue weighted by atomic mass is 19.1. The van der Waals surface area contributed by atoms with Crippen LogP contribution in [0.4, 0.5) is 10.2 Å². The molecule has 2 heterocycles. The Balaban J connectivity index is 1.74. The van der Waals surface area contributed by atoms with Crippen molar-refractivity contribution in [2.24, 2.45) is 5.41 Å². The quantitative estimate of drug-likeness (QED) is 0.706. The second-order valence-electron chi connectivity index (χ2n) is 7.65. The van der Waals surface area contributed by atoms with Gasteiger partial charge in [0.15, 0.2) is 5.82 Å². The SMILES string of the molecule is Cc1nnc(N2CC[C@H](O)[C@](Cc3ccc(F)cc3)(C(=O)O)C2)c2ccccc12. The molecule has 1 aromatic heterocycles. The zero-order valence-corrected chi connectivity index (χ0v) is 16.0. The van der Waals surface area contributed by atoms with Gasteiger partial charge in [-0.2, -0.15) is 5.10 Å². The minimum atomic E-state index is -1.43. The number of aromatic nitrogens is 2. The number of aliphatic hydroxyl groups excluding tert-OH is 1. The number of piperidine rings is 1. The number of carboxylic acid groups (broad SMARTS) is 1. The molecule has 7 heteroatoms. The summed E-state index contributed by atoms with van der Waals surface area (Å²) >= 11 is 0. The number of halogens is 1. The van der Waals surface area contributed by atoms with Crippen LogP contribution in [-0.4, -0.2) is 45.6 Å². The van der Waals surface area contributed by atoms with Crippen LogP contribution < -0.4 is 4.90 Å². The van der Waals surface area contributed by atoms with Crippen molar-refractivity contribution < 1.29 is 19.4 Å². The molecule has 29 heavy (non-hydrogen) atoms. The maximum Gasteiger partial charge on any atom is 0.314 e. The minimum Gasteiger partial charge on any atom is -0.481 e. The third-order valence-electron chi connectivity index (χ3n) is 5.79. The van der Waals surface area contributed by atoms with Gasteiger partial charge in [0.1, 0.15) is 11.2 Å². The number of aliphatic carboxylic acids is 1. The zero-order chi connectivity index (χ0) is 20.6. The molecule has 0 amide bonds. The number of carbonyl (C=O) groups is 1. The van der Waals surface area contributed by atoms with E-state index in [1.165, 1.54) is 12.1 Å². The first-order chi connectivity index (χ1) is 13.9. The number of fused-ring (bicyclic) bond motifs is 1. The topological polar surface area (TPSA) is 86.5 Å². The summed E-state index contributed by atoms with van der Waals surface area (Å²) in [5, 5.41) is 31.3. The van der Waals surface area contributed by atoms with Crippen LogP contribution in [0.2, 0.25) is 0 Å². The first kappa shape index (κ1) is 19.3. The van der Waals surface area contributed by atoms with Gasteiger partial charge in [-0.05, 0) is 37.5 Å². The fraction of sp³-hybridized carbons (Fsp3) is 0.318. The third-order valence-corrected chi connectivity index (χ3v) is 5.79. The fourth-order valence-corrected chi connectivity index (χ4v) is 4.14. The summed E-state index contributed by atoms with van der Waals surface area (Å²) in [6.07, 6.45) is -0.638. The first-order valence-corrected chi connectivity index (χ1v) is 9.53. The van der Waals surface area contributed by atoms with Crippen molar-refractivity contribution in [1.29, 1.82) is 0 Å². The Hall–Kier alpha value is -3.06. The number of benzene rings is 2. The summed E-state index contributed by atoms with van der Waals surface area (Å²) in [6, 6.07) is 13.5. The van der Waals surface area contributed by atoms with Gasteiger partial charge < -0.3 is 15.1 Å². The van der Waals surface area contributed by atoms with Crippen LogP contribution in [0.3, 0.4) is 0 Å². The Bertz CT molecular complexity index is 1060. The monoisotopic (exact) mass is 395 g/mol. The van der Waals surface area contributed by atoms with Gasteiger partial charge in [0, 0.05) is 23.9 Å². The number of anilines is 1. The summed E-state index contributed by atoms with van der Waals surface area (Å²) in [5.74, 6) is -0.850. The second kappa shape index (κ2) is 7.40. The van der Waals surface area contributed by atoms with Crippen molar-refractivity contribution in [1.82, 2.24) is 10.2 Å². The van der Waals surface area contributed by atoms with Gasteiger partial charge in [-0.3, -0.25) is 4.79 Å². The summed E-state index contributed by atoms with van der Waals surface area (Å²) in [7, 11) is 0. The van der Waals surface area contributed by atoms with E-state index in [4.69, 9.17) is 0 Å². The maximum atomic E-state index is 13.3. The molecular weight excluding hydrogens is 373 g/mol. The highest BCUT2D eigenvalue weighted by molar-refractivity contribution is 5.93. The maximum absolute atomic E-state index is 13.3. The third kappa shape index (κ3) is 3.42. The van der Waals surface area contributed by atoms with E-state index in [0.29, 0.717) is 17.9 Å². The minimum absolute atomic E-state index is 0.0859. The zero-order valence-electron chi connectivity index (χ0n) is 16.0. The van der Waals surface area contributed by atoms with Crippen molar-refractivity contribution >= 4 is 22.6 Å². The largest absolute Gasteiger partial charge is 0.481 e. The highest BCUT2D eigenvalue weighted by Gasteiger charge is 2.49. The van der Waals surface area contributed by atoms with Crippen LogP contribution in [0.25, 0.3) is 10.8 Å². The molecule has 2 atom stereocenters.